The van der Waals surface area contributed by atoms with Gasteiger partial charge in [-0.25, -0.2) is 18.7 Å². The lowest BCUT2D eigenvalue weighted by molar-refractivity contribution is -0.116. The standard InChI is InChI=1S/C25H24ClF2N5O4/c1-35-19-10-17-14(25(30-13-29-17)32-16-5-4-15(27)23(26)24(16)28)9-18(19)31-22(34)3-2-6-33-11-20-21(12-33)37-8-7-36-20/h2-5,9-10,13,20-21H,6-8,11-12H2,1H3,(H,31,34)(H,29,30,32). The first-order valence-electron chi connectivity index (χ1n) is 11.6. The van der Waals surface area contributed by atoms with Crippen LogP contribution in [0.3, 0.4) is 0 Å². The van der Waals surface area contributed by atoms with Crippen molar-refractivity contribution in [2.45, 2.75) is 12.2 Å². The maximum absolute atomic E-state index is 14.5. The predicted molar refractivity (Wildman–Crippen MR) is 134 cm³/mol. The Kier molecular flexibility index (Phi) is 7.47. The molecule has 12 heteroatoms. The van der Waals surface area contributed by atoms with E-state index in [4.69, 9.17) is 25.8 Å². The first-order valence-corrected chi connectivity index (χ1v) is 12.0. The molecule has 2 aliphatic rings. The molecule has 2 saturated heterocycles. The minimum absolute atomic E-state index is 0.0618. The summed E-state index contributed by atoms with van der Waals surface area (Å²) in [6.07, 6.45) is 4.66. The van der Waals surface area contributed by atoms with Gasteiger partial charge in [-0.1, -0.05) is 17.7 Å². The molecule has 194 valence electrons. The summed E-state index contributed by atoms with van der Waals surface area (Å²) in [5.41, 5.74) is 0.791. The van der Waals surface area contributed by atoms with Crippen LogP contribution in [0.15, 0.2) is 42.7 Å². The van der Waals surface area contributed by atoms with E-state index >= 15 is 0 Å². The molecule has 5 rings (SSSR count). The zero-order chi connectivity index (χ0) is 25.9. The number of hydrogen-bond acceptors (Lipinski definition) is 8. The lowest BCUT2D eigenvalue weighted by atomic mass is 10.1. The molecule has 37 heavy (non-hydrogen) atoms. The van der Waals surface area contributed by atoms with Gasteiger partial charge in [0, 0.05) is 37.2 Å². The summed E-state index contributed by atoms with van der Waals surface area (Å²) in [6, 6.07) is 5.51. The summed E-state index contributed by atoms with van der Waals surface area (Å²) < 4.78 is 44.9. The van der Waals surface area contributed by atoms with E-state index in [2.05, 4.69) is 25.5 Å². The highest BCUT2D eigenvalue weighted by Crippen LogP contribution is 2.34. The third-order valence-electron chi connectivity index (χ3n) is 6.17. The molecule has 9 nitrogen and oxygen atoms in total. The van der Waals surface area contributed by atoms with Crippen molar-refractivity contribution in [3.8, 4) is 5.75 Å². The van der Waals surface area contributed by atoms with Gasteiger partial charge >= 0.3 is 0 Å². The number of amides is 1. The first-order chi connectivity index (χ1) is 17.9. The van der Waals surface area contributed by atoms with Crippen molar-refractivity contribution in [3.05, 3.63) is 59.4 Å². The van der Waals surface area contributed by atoms with Gasteiger partial charge in [-0.05, 0) is 18.2 Å². The van der Waals surface area contributed by atoms with Gasteiger partial charge in [0.25, 0.3) is 0 Å². The number of aromatic nitrogens is 2. The quantitative estimate of drug-likeness (QED) is 0.350. The topological polar surface area (TPSA) is 97.8 Å². The molecule has 2 N–H and O–H groups in total. The number of nitrogens with one attached hydrogen (secondary N) is 2. The van der Waals surface area contributed by atoms with Gasteiger partial charge < -0.3 is 24.8 Å². The van der Waals surface area contributed by atoms with E-state index in [0.717, 1.165) is 19.2 Å². The molecule has 3 heterocycles. The van der Waals surface area contributed by atoms with Crippen LogP contribution in [0.4, 0.5) is 26.0 Å². The number of carbonyl (C=O) groups is 1. The number of nitrogens with zero attached hydrogens (tertiary/aromatic N) is 3. The van der Waals surface area contributed by atoms with Gasteiger partial charge in [0.05, 0.1) is 49.4 Å². The fourth-order valence-electron chi connectivity index (χ4n) is 4.37. The third kappa shape index (κ3) is 5.49. The lowest BCUT2D eigenvalue weighted by Gasteiger charge is -2.24. The SMILES string of the molecule is COc1cc2ncnc(Nc3ccc(F)c(Cl)c3F)c2cc1NC(=O)C=CCN1CC2OCCOC2C1. The van der Waals surface area contributed by atoms with E-state index in [-0.39, 0.29) is 29.6 Å². The van der Waals surface area contributed by atoms with Crippen LogP contribution in [0.2, 0.25) is 5.02 Å². The second kappa shape index (κ2) is 10.9. The van der Waals surface area contributed by atoms with Crippen LogP contribution in [0.25, 0.3) is 10.9 Å². The average molecular weight is 532 g/mol. The van der Waals surface area contributed by atoms with Gasteiger partial charge in [-0.2, -0.15) is 0 Å². The van der Waals surface area contributed by atoms with E-state index < -0.39 is 16.7 Å². The Morgan fingerprint density at radius 3 is 2.68 bits per heavy atom. The Hall–Kier alpha value is -3.38. The van der Waals surface area contributed by atoms with Crippen molar-refractivity contribution in [1.29, 1.82) is 0 Å². The van der Waals surface area contributed by atoms with Crippen LogP contribution in [-0.2, 0) is 14.3 Å². The zero-order valence-corrected chi connectivity index (χ0v) is 20.6. The molecule has 0 aliphatic carbocycles. The molecule has 2 fully saturated rings. The minimum atomic E-state index is -0.948. The molecule has 0 spiro atoms. The molecule has 2 unspecified atom stereocenters. The molecule has 0 bridgehead atoms. The van der Waals surface area contributed by atoms with E-state index in [0.29, 0.717) is 42.1 Å². The number of benzene rings is 2. The molecule has 3 aromatic rings. The number of halogens is 3. The Morgan fingerprint density at radius 1 is 1.19 bits per heavy atom. The van der Waals surface area contributed by atoms with Crippen LogP contribution in [0.1, 0.15) is 0 Å². The molecular weight excluding hydrogens is 508 g/mol. The van der Waals surface area contributed by atoms with E-state index in [1.165, 1.54) is 25.6 Å². The highest BCUT2D eigenvalue weighted by Gasteiger charge is 2.35. The van der Waals surface area contributed by atoms with Gasteiger partial charge in [0.1, 0.15) is 28.7 Å². The molecular formula is C25H24ClF2N5O4. The number of rotatable bonds is 7. The van der Waals surface area contributed by atoms with Crippen molar-refractivity contribution in [1.82, 2.24) is 14.9 Å². The second-order valence-electron chi connectivity index (χ2n) is 8.57. The highest BCUT2D eigenvalue weighted by molar-refractivity contribution is 6.31. The van der Waals surface area contributed by atoms with Gasteiger partial charge in [-0.15, -0.1) is 0 Å². The number of hydrogen-bond donors (Lipinski definition) is 2. The summed E-state index contributed by atoms with van der Waals surface area (Å²) in [7, 11) is 1.47. The fourth-order valence-corrected chi connectivity index (χ4v) is 4.53. The molecule has 2 aromatic carbocycles. The largest absolute Gasteiger partial charge is 0.494 e. The summed E-state index contributed by atoms with van der Waals surface area (Å²) in [5, 5.41) is 5.47. The maximum Gasteiger partial charge on any atom is 0.248 e. The molecule has 0 radical (unpaired) electrons. The van der Waals surface area contributed by atoms with Gasteiger partial charge in [-0.3, -0.25) is 9.69 Å². The highest BCUT2D eigenvalue weighted by atomic mass is 35.5. The van der Waals surface area contributed by atoms with Gasteiger partial charge in [0.2, 0.25) is 5.91 Å². The summed E-state index contributed by atoms with van der Waals surface area (Å²) in [6.45, 7) is 3.30. The number of ether oxygens (including phenoxy) is 3. The van der Waals surface area contributed by atoms with E-state index in [9.17, 15) is 13.6 Å². The van der Waals surface area contributed by atoms with E-state index in [1.54, 1.807) is 18.2 Å². The normalized spacial score (nSPS) is 19.8. The predicted octanol–water partition coefficient (Wildman–Crippen LogP) is 3.91. The Labute approximate surface area is 216 Å². The summed E-state index contributed by atoms with van der Waals surface area (Å²) in [4.78, 5) is 23.2. The number of methoxy groups -OCH3 is 1. The average Bonchev–Trinajstić information content (AvgIpc) is 3.31. The fraction of sp³-hybridized carbons (Fsp3) is 0.320. The van der Waals surface area contributed by atoms with Crippen LogP contribution in [-0.4, -0.2) is 72.9 Å². The van der Waals surface area contributed by atoms with Crippen molar-refractivity contribution < 1.29 is 27.8 Å². The minimum Gasteiger partial charge on any atom is -0.494 e. The Bertz CT molecular complexity index is 1340. The number of anilines is 3. The Balaban J connectivity index is 1.32. The number of likely N-dealkylation sites (tertiary alicyclic amines) is 1. The summed E-state index contributed by atoms with van der Waals surface area (Å²) in [5.74, 6) is -1.56. The van der Waals surface area contributed by atoms with Crippen LogP contribution >= 0.6 is 11.6 Å². The maximum atomic E-state index is 14.5. The Morgan fingerprint density at radius 2 is 1.95 bits per heavy atom. The molecule has 0 saturated carbocycles. The monoisotopic (exact) mass is 531 g/mol. The first kappa shape index (κ1) is 25.3. The van der Waals surface area contributed by atoms with Crippen LogP contribution < -0.4 is 15.4 Å². The number of fused-ring (bicyclic) bond motifs is 2. The molecule has 1 amide bonds. The number of carbonyl (C=O) groups excluding carboxylic acids is 1. The zero-order valence-electron chi connectivity index (χ0n) is 19.8. The third-order valence-corrected chi connectivity index (χ3v) is 6.52. The van der Waals surface area contributed by atoms with Crippen molar-refractivity contribution in [2.75, 3.05) is 50.6 Å². The van der Waals surface area contributed by atoms with Crippen LogP contribution in [0, 0.1) is 11.6 Å². The van der Waals surface area contributed by atoms with Crippen molar-refractivity contribution >= 4 is 45.6 Å². The van der Waals surface area contributed by atoms with E-state index in [1.807, 2.05) is 0 Å². The smallest absolute Gasteiger partial charge is 0.248 e. The van der Waals surface area contributed by atoms with Gasteiger partial charge in [0.15, 0.2) is 5.82 Å². The lowest BCUT2D eigenvalue weighted by Crippen LogP contribution is -2.36. The summed E-state index contributed by atoms with van der Waals surface area (Å²) >= 11 is 5.70. The second-order valence-corrected chi connectivity index (χ2v) is 8.95. The van der Waals surface area contributed by atoms with Crippen LogP contribution in [0.5, 0.6) is 5.75 Å². The molecule has 1 aromatic heterocycles. The van der Waals surface area contributed by atoms with Crippen molar-refractivity contribution in [2.24, 2.45) is 0 Å². The molecule has 2 aliphatic heterocycles. The van der Waals surface area contributed by atoms with Crippen molar-refractivity contribution in [3.63, 3.8) is 0 Å². The molecule has 2 atom stereocenters.